The molecule has 0 radical (unpaired) electrons. The number of aliphatic hydroxyl groups is 1. The largest absolute Gasteiger partial charge is 0.399 e. The molecule has 1 aliphatic heterocycles. The number of halogens is 3. The van der Waals surface area contributed by atoms with Gasteiger partial charge in [-0.2, -0.15) is 13.2 Å². The molecule has 0 aliphatic carbocycles. The molecule has 17 heavy (non-hydrogen) atoms. The van der Waals surface area contributed by atoms with Gasteiger partial charge in [-0.05, 0) is 0 Å². The molecule has 0 aromatic heterocycles. The van der Waals surface area contributed by atoms with E-state index < -0.39 is 24.0 Å². The molecule has 5 nitrogen and oxygen atoms in total. The summed E-state index contributed by atoms with van der Waals surface area (Å²) in [5.41, 5.74) is 4.96. The molecular formula is C9H16F3N3O2. The standard InChI is InChI=1S/C9H16F3N3O2/c10-9(11,12)7(8(13)14)4-15-1-2-17-6(3-15)5-16/h6-7,16H,1-5H2,(H3,13,14). The number of morpholine rings is 1. The number of aliphatic hydroxyl groups excluding tert-OH is 1. The van der Waals surface area contributed by atoms with Crippen molar-refractivity contribution in [3.63, 3.8) is 0 Å². The Labute approximate surface area is 96.8 Å². The monoisotopic (exact) mass is 255 g/mol. The first-order valence-corrected chi connectivity index (χ1v) is 5.20. The molecule has 0 spiro atoms. The Balaban J connectivity index is 2.58. The van der Waals surface area contributed by atoms with Gasteiger partial charge in [-0.3, -0.25) is 10.3 Å². The number of hydrogen-bond donors (Lipinski definition) is 3. The van der Waals surface area contributed by atoms with E-state index in [0.29, 0.717) is 6.54 Å². The minimum absolute atomic E-state index is 0.219. The molecule has 100 valence electrons. The van der Waals surface area contributed by atoms with Crippen LogP contribution in [0.1, 0.15) is 0 Å². The average Bonchev–Trinajstić information content (AvgIpc) is 2.24. The Kier molecular flexibility index (Phi) is 4.72. The molecule has 8 heteroatoms. The van der Waals surface area contributed by atoms with Gasteiger partial charge in [0.25, 0.3) is 0 Å². The summed E-state index contributed by atoms with van der Waals surface area (Å²) in [6, 6.07) is 0. The zero-order valence-electron chi connectivity index (χ0n) is 9.20. The maximum atomic E-state index is 12.6. The molecular weight excluding hydrogens is 239 g/mol. The molecule has 1 rings (SSSR count). The van der Waals surface area contributed by atoms with Crippen LogP contribution in [0.5, 0.6) is 0 Å². The summed E-state index contributed by atoms with van der Waals surface area (Å²) in [4.78, 5) is 1.50. The lowest BCUT2D eigenvalue weighted by molar-refractivity contribution is -0.164. The summed E-state index contributed by atoms with van der Waals surface area (Å²) >= 11 is 0. The van der Waals surface area contributed by atoms with E-state index in [1.165, 1.54) is 4.90 Å². The number of ether oxygens (including phenoxy) is 1. The predicted molar refractivity (Wildman–Crippen MR) is 54.7 cm³/mol. The number of nitrogens with zero attached hydrogens (tertiary/aromatic N) is 1. The van der Waals surface area contributed by atoms with Crippen LogP contribution in [0.2, 0.25) is 0 Å². The van der Waals surface area contributed by atoms with Crippen LogP contribution in [-0.2, 0) is 4.74 Å². The van der Waals surface area contributed by atoms with E-state index in [2.05, 4.69) is 0 Å². The Morgan fingerprint density at radius 1 is 1.59 bits per heavy atom. The van der Waals surface area contributed by atoms with Crippen molar-refractivity contribution in [3.8, 4) is 0 Å². The summed E-state index contributed by atoms with van der Waals surface area (Å²) in [7, 11) is 0. The molecule has 0 bridgehead atoms. The Morgan fingerprint density at radius 2 is 2.24 bits per heavy atom. The molecule has 0 aromatic rings. The van der Waals surface area contributed by atoms with E-state index in [1.807, 2.05) is 0 Å². The Hall–Kier alpha value is -0.860. The van der Waals surface area contributed by atoms with E-state index in [0.717, 1.165) is 0 Å². The van der Waals surface area contributed by atoms with Crippen molar-refractivity contribution in [1.29, 1.82) is 5.41 Å². The van der Waals surface area contributed by atoms with E-state index in [1.54, 1.807) is 0 Å². The second kappa shape index (κ2) is 5.65. The third kappa shape index (κ3) is 4.14. The summed E-state index contributed by atoms with van der Waals surface area (Å²) in [6.07, 6.45) is -4.98. The van der Waals surface area contributed by atoms with Gasteiger partial charge in [-0.15, -0.1) is 0 Å². The first-order chi connectivity index (χ1) is 7.84. The van der Waals surface area contributed by atoms with Gasteiger partial charge in [0.15, 0.2) is 0 Å². The molecule has 0 amide bonds. The number of hydrogen-bond acceptors (Lipinski definition) is 4. The van der Waals surface area contributed by atoms with Crippen LogP contribution < -0.4 is 5.73 Å². The second-order valence-electron chi connectivity index (χ2n) is 3.98. The lowest BCUT2D eigenvalue weighted by Crippen LogP contribution is -2.50. The van der Waals surface area contributed by atoms with Crippen LogP contribution in [0.15, 0.2) is 0 Å². The van der Waals surface area contributed by atoms with E-state index in [4.69, 9.17) is 21.0 Å². The van der Waals surface area contributed by atoms with E-state index in [9.17, 15) is 13.2 Å². The van der Waals surface area contributed by atoms with Gasteiger partial charge in [0.2, 0.25) is 0 Å². The van der Waals surface area contributed by atoms with Crippen molar-refractivity contribution in [2.45, 2.75) is 12.3 Å². The van der Waals surface area contributed by atoms with Crippen LogP contribution in [0.25, 0.3) is 0 Å². The molecule has 0 saturated carbocycles. The second-order valence-corrected chi connectivity index (χ2v) is 3.98. The third-order valence-corrected chi connectivity index (χ3v) is 2.64. The number of rotatable bonds is 4. The van der Waals surface area contributed by atoms with Gasteiger partial charge in [0.1, 0.15) is 11.8 Å². The third-order valence-electron chi connectivity index (χ3n) is 2.64. The van der Waals surface area contributed by atoms with E-state index >= 15 is 0 Å². The van der Waals surface area contributed by atoms with Gasteiger partial charge in [-0.1, -0.05) is 0 Å². The first kappa shape index (κ1) is 14.2. The van der Waals surface area contributed by atoms with Gasteiger partial charge in [0, 0.05) is 19.6 Å². The van der Waals surface area contributed by atoms with Crippen LogP contribution in [0.4, 0.5) is 13.2 Å². The summed E-state index contributed by atoms with van der Waals surface area (Å²) in [6.45, 7) is 0.242. The zero-order chi connectivity index (χ0) is 13.1. The summed E-state index contributed by atoms with van der Waals surface area (Å²) < 4.78 is 42.9. The molecule has 1 aliphatic rings. The Morgan fingerprint density at radius 3 is 2.71 bits per heavy atom. The fourth-order valence-electron chi connectivity index (χ4n) is 1.69. The summed E-state index contributed by atoms with van der Waals surface area (Å²) in [5.74, 6) is -2.84. The SMILES string of the molecule is N=C(N)C(CN1CCOC(CO)C1)C(F)(F)F. The first-order valence-electron chi connectivity index (χ1n) is 5.20. The average molecular weight is 255 g/mol. The highest BCUT2D eigenvalue weighted by molar-refractivity contribution is 5.80. The zero-order valence-corrected chi connectivity index (χ0v) is 9.20. The number of nitrogens with one attached hydrogen (secondary N) is 1. The number of alkyl halides is 3. The van der Waals surface area contributed by atoms with Gasteiger partial charge in [-0.25, -0.2) is 0 Å². The highest BCUT2D eigenvalue weighted by Gasteiger charge is 2.43. The molecule has 1 fully saturated rings. The minimum atomic E-state index is -4.52. The van der Waals surface area contributed by atoms with Crippen molar-refractivity contribution in [2.75, 3.05) is 32.8 Å². The van der Waals surface area contributed by atoms with Crippen molar-refractivity contribution in [2.24, 2.45) is 11.7 Å². The molecule has 2 unspecified atom stereocenters. The smallest absolute Gasteiger partial charge is 0.394 e. The summed E-state index contributed by atoms with van der Waals surface area (Å²) in [5, 5.41) is 15.8. The van der Waals surface area contributed by atoms with E-state index in [-0.39, 0.29) is 26.3 Å². The maximum absolute atomic E-state index is 12.6. The van der Waals surface area contributed by atoms with Crippen LogP contribution in [-0.4, -0.2) is 61.0 Å². The number of amidine groups is 1. The fourth-order valence-corrected chi connectivity index (χ4v) is 1.69. The number of nitrogens with two attached hydrogens (primary N) is 1. The molecule has 1 heterocycles. The predicted octanol–water partition coefficient (Wildman–Crippen LogP) is -0.206. The van der Waals surface area contributed by atoms with Crippen molar-refractivity contribution < 1.29 is 23.0 Å². The van der Waals surface area contributed by atoms with Crippen molar-refractivity contribution >= 4 is 5.84 Å². The quantitative estimate of drug-likeness (QED) is 0.479. The van der Waals surface area contributed by atoms with Gasteiger partial charge >= 0.3 is 6.18 Å². The Bertz CT molecular complexity index is 273. The van der Waals surface area contributed by atoms with Gasteiger partial charge < -0.3 is 15.6 Å². The normalized spacial score (nSPS) is 24.6. The highest BCUT2D eigenvalue weighted by atomic mass is 19.4. The lowest BCUT2D eigenvalue weighted by Gasteiger charge is -2.34. The minimum Gasteiger partial charge on any atom is -0.394 e. The van der Waals surface area contributed by atoms with Gasteiger partial charge in [0.05, 0.1) is 19.3 Å². The molecule has 2 atom stereocenters. The van der Waals surface area contributed by atoms with Crippen LogP contribution in [0, 0.1) is 11.3 Å². The van der Waals surface area contributed by atoms with Crippen LogP contribution in [0.3, 0.4) is 0 Å². The van der Waals surface area contributed by atoms with Crippen LogP contribution >= 0.6 is 0 Å². The topological polar surface area (TPSA) is 82.6 Å². The maximum Gasteiger partial charge on any atom is 0.399 e. The van der Waals surface area contributed by atoms with Crippen molar-refractivity contribution in [3.05, 3.63) is 0 Å². The highest BCUT2D eigenvalue weighted by Crippen LogP contribution is 2.27. The fraction of sp³-hybridized carbons (Fsp3) is 0.889. The lowest BCUT2D eigenvalue weighted by atomic mass is 10.1. The molecule has 0 aromatic carbocycles. The molecule has 1 saturated heterocycles. The molecule has 4 N–H and O–H groups in total. The van der Waals surface area contributed by atoms with Crippen molar-refractivity contribution in [1.82, 2.24) is 4.90 Å².